The van der Waals surface area contributed by atoms with Gasteiger partial charge in [-0.2, -0.15) is 0 Å². The van der Waals surface area contributed by atoms with Gasteiger partial charge in [-0.3, -0.25) is 4.79 Å². The van der Waals surface area contributed by atoms with Gasteiger partial charge in [-0.15, -0.1) is 11.3 Å². The largest absolute Gasteiger partial charge is 0.481 e. The molecule has 0 saturated heterocycles. The smallest absolute Gasteiger partial charge is 0.307 e. The summed E-state index contributed by atoms with van der Waals surface area (Å²) in [5.74, 6) is -0.914. The first-order valence-electron chi connectivity index (χ1n) is 8.65. The Morgan fingerprint density at radius 2 is 1.79 bits per heavy atom. The molecule has 0 fully saturated rings. The van der Waals surface area contributed by atoms with Crippen molar-refractivity contribution in [3.8, 4) is 10.4 Å². The Morgan fingerprint density at radius 3 is 2.41 bits per heavy atom. The van der Waals surface area contributed by atoms with E-state index in [2.05, 4.69) is 5.16 Å². The monoisotopic (exact) mass is 467 g/mol. The van der Waals surface area contributed by atoms with Crippen LogP contribution in [0.1, 0.15) is 22.9 Å². The molecule has 4 nitrogen and oxygen atoms in total. The third kappa shape index (κ3) is 5.31. The topological polar surface area (TPSA) is 58.9 Å². The molecule has 0 atom stereocenters. The normalized spacial score (nSPS) is 11.5. The van der Waals surface area contributed by atoms with E-state index in [0.717, 1.165) is 20.9 Å². The highest BCUT2D eigenvalue weighted by molar-refractivity contribution is 7.17. The summed E-state index contributed by atoms with van der Waals surface area (Å²) in [6, 6.07) is 14.3. The Kier molecular flexibility index (Phi) is 7.19. The fourth-order valence-electron chi connectivity index (χ4n) is 2.70. The van der Waals surface area contributed by atoms with Gasteiger partial charge < -0.3 is 9.94 Å². The zero-order chi connectivity index (χ0) is 21.0. The van der Waals surface area contributed by atoms with Crippen LogP contribution in [0, 0.1) is 0 Å². The molecule has 1 heterocycles. The van der Waals surface area contributed by atoms with Gasteiger partial charge in [0.25, 0.3) is 0 Å². The molecule has 0 bridgehead atoms. The van der Waals surface area contributed by atoms with E-state index in [1.807, 2.05) is 25.1 Å². The van der Waals surface area contributed by atoms with Crippen LogP contribution in [-0.4, -0.2) is 23.4 Å². The number of thiophene rings is 1. The number of oxime groups is 1. The summed E-state index contributed by atoms with van der Waals surface area (Å²) >= 11 is 19.6. The van der Waals surface area contributed by atoms with Gasteiger partial charge >= 0.3 is 5.97 Å². The maximum atomic E-state index is 11.4. The highest BCUT2D eigenvalue weighted by Gasteiger charge is 2.19. The highest BCUT2D eigenvalue weighted by atomic mass is 35.5. The van der Waals surface area contributed by atoms with E-state index in [0.29, 0.717) is 32.9 Å². The van der Waals surface area contributed by atoms with E-state index in [9.17, 15) is 9.90 Å². The molecule has 3 aromatic rings. The molecule has 0 unspecified atom stereocenters. The van der Waals surface area contributed by atoms with Crippen LogP contribution in [0.5, 0.6) is 0 Å². The van der Waals surface area contributed by atoms with Crippen molar-refractivity contribution in [3.05, 3.63) is 79.6 Å². The number of hydrogen-bond acceptors (Lipinski definition) is 4. The van der Waals surface area contributed by atoms with Crippen molar-refractivity contribution in [2.45, 2.75) is 13.3 Å². The molecule has 3 rings (SSSR count). The fraction of sp³-hybridized carbons (Fsp3) is 0.143. The van der Waals surface area contributed by atoms with Gasteiger partial charge in [-0.1, -0.05) is 58.2 Å². The molecule has 0 aliphatic rings. The number of carboxylic acids is 1. The lowest BCUT2D eigenvalue weighted by Gasteiger charge is -2.06. The van der Waals surface area contributed by atoms with Crippen molar-refractivity contribution in [1.29, 1.82) is 0 Å². The Morgan fingerprint density at radius 1 is 1.07 bits per heavy atom. The van der Waals surface area contributed by atoms with E-state index >= 15 is 0 Å². The van der Waals surface area contributed by atoms with E-state index in [4.69, 9.17) is 39.6 Å². The molecular weight excluding hydrogens is 453 g/mol. The molecule has 150 valence electrons. The molecule has 0 spiro atoms. The second kappa shape index (κ2) is 9.63. The molecule has 2 aromatic carbocycles. The van der Waals surface area contributed by atoms with Gasteiger partial charge in [0, 0.05) is 15.5 Å². The van der Waals surface area contributed by atoms with Gasteiger partial charge in [-0.05, 0) is 48.4 Å². The summed E-state index contributed by atoms with van der Waals surface area (Å²) in [6.45, 7) is 2.22. The van der Waals surface area contributed by atoms with Crippen molar-refractivity contribution in [3.63, 3.8) is 0 Å². The van der Waals surface area contributed by atoms with Crippen molar-refractivity contribution < 1.29 is 14.7 Å². The molecular formula is C21H16Cl3NO3S. The molecule has 29 heavy (non-hydrogen) atoms. The van der Waals surface area contributed by atoms with Gasteiger partial charge in [0.15, 0.2) is 0 Å². The number of carbonyl (C=O) groups is 1. The van der Waals surface area contributed by atoms with E-state index in [-0.39, 0.29) is 6.42 Å². The predicted molar refractivity (Wildman–Crippen MR) is 120 cm³/mol. The minimum Gasteiger partial charge on any atom is -0.481 e. The first kappa shape index (κ1) is 21.7. The number of hydrogen-bond donors (Lipinski definition) is 1. The van der Waals surface area contributed by atoms with Crippen molar-refractivity contribution in [2.75, 3.05) is 6.61 Å². The number of halogens is 3. The van der Waals surface area contributed by atoms with Crippen LogP contribution < -0.4 is 0 Å². The van der Waals surface area contributed by atoms with E-state index < -0.39 is 5.97 Å². The van der Waals surface area contributed by atoms with Gasteiger partial charge in [0.05, 0.1) is 21.3 Å². The molecule has 1 N–H and O–H groups in total. The molecule has 0 aliphatic heterocycles. The average Bonchev–Trinajstić information content (AvgIpc) is 3.08. The summed E-state index contributed by atoms with van der Waals surface area (Å²) < 4.78 is 0. The Bertz CT molecular complexity index is 1060. The lowest BCUT2D eigenvalue weighted by atomic mass is 10.0. The number of carboxylic acid groups (broad SMARTS) is 1. The zero-order valence-corrected chi connectivity index (χ0v) is 18.4. The lowest BCUT2D eigenvalue weighted by molar-refractivity contribution is -0.136. The van der Waals surface area contributed by atoms with Crippen LogP contribution in [-0.2, 0) is 16.1 Å². The maximum absolute atomic E-state index is 11.4. The standard InChI is InChI=1S/C21H16Cl3NO3S/c1-2-28-25-20(13-5-8-16(23)17(24)9-13)18-10-14(11-19(26)27)21(29-18)12-3-6-15(22)7-4-12/h3-10H,2,11H2,1H3,(H,26,27)/b25-20-. The summed E-state index contributed by atoms with van der Waals surface area (Å²) in [6.07, 6.45) is -0.113. The van der Waals surface area contributed by atoms with Gasteiger partial charge in [-0.25, -0.2) is 0 Å². The number of rotatable bonds is 7. The van der Waals surface area contributed by atoms with Gasteiger partial charge in [0.1, 0.15) is 12.3 Å². The van der Waals surface area contributed by atoms with Crippen LogP contribution in [0.4, 0.5) is 0 Å². The minimum absolute atomic E-state index is 0.113. The van der Waals surface area contributed by atoms with E-state index in [1.165, 1.54) is 11.3 Å². The number of nitrogens with zero attached hydrogens (tertiary/aromatic N) is 1. The Balaban J connectivity index is 2.13. The van der Waals surface area contributed by atoms with Crippen LogP contribution >= 0.6 is 46.1 Å². The third-order valence-corrected chi connectivity index (χ3v) is 6.19. The third-order valence-electron chi connectivity index (χ3n) is 3.97. The van der Waals surface area contributed by atoms with E-state index in [1.54, 1.807) is 30.3 Å². The average molecular weight is 469 g/mol. The first-order valence-corrected chi connectivity index (χ1v) is 10.6. The van der Waals surface area contributed by atoms with Crippen molar-refractivity contribution >= 4 is 57.8 Å². The highest BCUT2D eigenvalue weighted by Crippen LogP contribution is 2.36. The first-order chi connectivity index (χ1) is 13.9. The zero-order valence-electron chi connectivity index (χ0n) is 15.3. The number of aliphatic carboxylic acids is 1. The molecule has 0 aliphatic carbocycles. The number of benzene rings is 2. The lowest BCUT2D eigenvalue weighted by Crippen LogP contribution is -2.03. The van der Waals surface area contributed by atoms with Gasteiger partial charge in [0.2, 0.25) is 0 Å². The molecule has 0 amide bonds. The van der Waals surface area contributed by atoms with Crippen LogP contribution in [0.3, 0.4) is 0 Å². The van der Waals surface area contributed by atoms with Crippen molar-refractivity contribution in [2.24, 2.45) is 5.16 Å². The molecule has 8 heteroatoms. The molecule has 0 saturated carbocycles. The second-order valence-corrected chi connectivity index (χ2v) is 8.33. The second-order valence-electron chi connectivity index (χ2n) is 6.03. The summed E-state index contributed by atoms with van der Waals surface area (Å²) in [7, 11) is 0. The summed E-state index contributed by atoms with van der Waals surface area (Å²) in [5, 5.41) is 15.0. The molecule has 0 radical (unpaired) electrons. The summed E-state index contributed by atoms with van der Waals surface area (Å²) in [5.41, 5.74) is 2.84. The van der Waals surface area contributed by atoms with Crippen LogP contribution in [0.25, 0.3) is 10.4 Å². The Labute approximate surface area is 187 Å². The predicted octanol–water partition coefficient (Wildman–Crippen LogP) is 6.79. The van der Waals surface area contributed by atoms with Crippen molar-refractivity contribution in [1.82, 2.24) is 0 Å². The quantitative estimate of drug-likeness (QED) is 0.307. The van der Waals surface area contributed by atoms with Crippen LogP contribution in [0.15, 0.2) is 53.7 Å². The van der Waals surface area contributed by atoms with Crippen LogP contribution in [0.2, 0.25) is 15.1 Å². The Hall–Kier alpha value is -2.05. The molecule has 1 aromatic heterocycles. The maximum Gasteiger partial charge on any atom is 0.307 e. The summed E-state index contributed by atoms with van der Waals surface area (Å²) in [4.78, 5) is 18.3. The minimum atomic E-state index is -0.914. The SMILES string of the molecule is CCO/N=C(/c1ccc(Cl)c(Cl)c1)c1cc(CC(=O)O)c(-c2ccc(Cl)cc2)s1. The fourth-order valence-corrected chi connectivity index (χ4v) is 4.31.